The highest BCUT2D eigenvalue weighted by Crippen LogP contribution is 2.21. The summed E-state index contributed by atoms with van der Waals surface area (Å²) in [5.74, 6) is 0.563. The Kier molecular flexibility index (Phi) is 2.81. The number of anilines is 1. The minimum absolute atomic E-state index is 0.563. The summed E-state index contributed by atoms with van der Waals surface area (Å²) < 4.78 is 0.803. The molecule has 0 aliphatic heterocycles. The fourth-order valence-corrected chi connectivity index (χ4v) is 1.38. The molecule has 0 atom stereocenters. The van der Waals surface area contributed by atoms with E-state index in [1.165, 1.54) is 0 Å². The SMILES string of the molecule is Cc1cc(Br)c(NC=O)nc1C. The average molecular weight is 229 g/mol. The van der Waals surface area contributed by atoms with Gasteiger partial charge in [-0.2, -0.15) is 0 Å². The summed E-state index contributed by atoms with van der Waals surface area (Å²) >= 11 is 3.30. The molecular formula is C8H9BrN2O. The number of halogens is 1. The highest BCUT2D eigenvalue weighted by atomic mass is 79.9. The van der Waals surface area contributed by atoms with E-state index in [1.54, 1.807) is 0 Å². The van der Waals surface area contributed by atoms with E-state index in [4.69, 9.17) is 0 Å². The topological polar surface area (TPSA) is 42.0 Å². The van der Waals surface area contributed by atoms with Crippen molar-refractivity contribution >= 4 is 28.2 Å². The molecule has 3 nitrogen and oxygen atoms in total. The lowest BCUT2D eigenvalue weighted by atomic mass is 10.2. The molecule has 64 valence electrons. The Morgan fingerprint density at radius 3 is 2.83 bits per heavy atom. The maximum Gasteiger partial charge on any atom is 0.212 e. The van der Waals surface area contributed by atoms with Crippen LogP contribution in [0.3, 0.4) is 0 Å². The molecule has 0 aliphatic rings. The summed E-state index contributed by atoms with van der Waals surface area (Å²) in [6.07, 6.45) is 0.613. The third kappa shape index (κ3) is 1.82. The van der Waals surface area contributed by atoms with Gasteiger partial charge in [0.25, 0.3) is 0 Å². The molecule has 0 saturated carbocycles. The molecule has 0 aromatic carbocycles. The van der Waals surface area contributed by atoms with Crippen LogP contribution in [-0.2, 0) is 4.79 Å². The highest BCUT2D eigenvalue weighted by molar-refractivity contribution is 9.10. The van der Waals surface area contributed by atoms with Gasteiger partial charge in [0.1, 0.15) is 5.82 Å². The van der Waals surface area contributed by atoms with Crippen LogP contribution in [0.1, 0.15) is 11.3 Å². The molecule has 0 radical (unpaired) electrons. The van der Waals surface area contributed by atoms with Crippen LogP contribution in [-0.4, -0.2) is 11.4 Å². The summed E-state index contributed by atoms with van der Waals surface area (Å²) in [7, 11) is 0. The van der Waals surface area contributed by atoms with Gasteiger partial charge in [0.05, 0.1) is 4.47 Å². The fourth-order valence-electron chi connectivity index (χ4n) is 0.829. The van der Waals surface area contributed by atoms with Gasteiger partial charge in [-0.1, -0.05) is 0 Å². The van der Waals surface area contributed by atoms with Crippen LogP contribution in [0, 0.1) is 13.8 Å². The highest BCUT2D eigenvalue weighted by Gasteiger charge is 2.02. The van der Waals surface area contributed by atoms with E-state index in [-0.39, 0.29) is 0 Å². The molecule has 1 amide bonds. The predicted molar refractivity (Wildman–Crippen MR) is 51.1 cm³/mol. The molecule has 12 heavy (non-hydrogen) atoms. The number of hydrogen-bond acceptors (Lipinski definition) is 2. The van der Waals surface area contributed by atoms with Crippen molar-refractivity contribution in [1.82, 2.24) is 4.98 Å². The fraction of sp³-hybridized carbons (Fsp3) is 0.250. The Bertz CT molecular complexity index is 312. The third-order valence-corrected chi connectivity index (χ3v) is 2.22. The lowest BCUT2D eigenvalue weighted by Crippen LogP contribution is -2.00. The number of aromatic nitrogens is 1. The number of nitrogens with one attached hydrogen (secondary N) is 1. The normalized spacial score (nSPS) is 9.58. The van der Waals surface area contributed by atoms with Gasteiger partial charge >= 0.3 is 0 Å². The zero-order valence-electron chi connectivity index (χ0n) is 6.89. The first-order valence-corrected chi connectivity index (χ1v) is 4.28. The molecule has 1 heterocycles. The second-order valence-corrected chi connectivity index (χ2v) is 3.34. The van der Waals surface area contributed by atoms with Crippen molar-refractivity contribution in [2.45, 2.75) is 13.8 Å². The van der Waals surface area contributed by atoms with Gasteiger partial charge in [0.2, 0.25) is 6.41 Å². The van der Waals surface area contributed by atoms with Crippen LogP contribution in [0.2, 0.25) is 0 Å². The maximum atomic E-state index is 10.2. The molecule has 4 heteroatoms. The third-order valence-electron chi connectivity index (χ3n) is 1.62. The van der Waals surface area contributed by atoms with Gasteiger partial charge in [-0.3, -0.25) is 4.79 Å². The van der Waals surface area contributed by atoms with Crippen LogP contribution >= 0.6 is 15.9 Å². The standard InChI is InChI=1S/C8H9BrN2O/c1-5-3-7(9)8(10-4-12)11-6(5)2/h3-4H,1-2H3,(H,10,11,12). The first-order valence-electron chi connectivity index (χ1n) is 3.49. The molecule has 1 N–H and O–H groups in total. The van der Waals surface area contributed by atoms with Gasteiger partial charge in [0, 0.05) is 5.69 Å². The summed E-state index contributed by atoms with van der Waals surface area (Å²) in [5, 5.41) is 2.51. The van der Waals surface area contributed by atoms with Gasteiger partial charge < -0.3 is 5.32 Å². The van der Waals surface area contributed by atoms with Crippen molar-refractivity contribution in [3.05, 3.63) is 21.8 Å². The van der Waals surface area contributed by atoms with E-state index in [9.17, 15) is 4.79 Å². The van der Waals surface area contributed by atoms with E-state index in [1.807, 2.05) is 19.9 Å². The van der Waals surface area contributed by atoms with Crippen molar-refractivity contribution in [3.63, 3.8) is 0 Å². The zero-order valence-corrected chi connectivity index (χ0v) is 8.47. The summed E-state index contributed by atoms with van der Waals surface area (Å²) in [6, 6.07) is 1.92. The minimum atomic E-state index is 0.563. The van der Waals surface area contributed by atoms with Crippen LogP contribution in [0.15, 0.2) is 10.5 Å². The average Bonchev–Trinajstić information content (AvgIpc) is 2.01. The van der Waals surface area contributed by atoms with Crippen molar-refractivity contribution in [3.8, 4) is 0 Å². The van der Waals surface area contributed by atoms with E-state index >= 15 is 0 Å². The first-order chi connectivity index (χ1) is 5.65. The number of pyridine rings is 1. The number of hydrogen-bond donors (Lipinski definition) is 1. The summed E-state index contributed by atoms with van der Waals surface area (Å²) in [4.78, 5) is 14.3. The van der Waals surface area contributed by atoms with Crippen LogP contribution in [0.5, 0.6) is 0 Å². The number of carbonyl (C=O) groups excluding carboxylic acids is 1. The van der Waals surface area contributed by atoms with Gasteiger partial charge in [-0.05, 0) is 41.4 Å². The molecule has 1 aromatic heterocycles. The van der Waals surface area contributed by atoms with Crippen LogP contribution < -0.4 is 5.32 Å². The smallest absolute Gasteiger partial charge is 0.212 e. The Morgan fingerprint density at radius 1 is 1.58 bits per heavy atom. The zero-order chi connectivity index (χ0) is 9.14. The predicted octanol–water partition coefficient (Wildman–Crippen LogP) is 2.03. The molecule has 0 aliphatic carbocycles. The quantitative estimate of drug-likeness (QED) is 0.788. The molecule has 0 fully saturated rings. The van der Waals surface area contributed by atoms with Crippen molar-refractivity contribution in [1.29, 1.82) is 0 Å². The maximum absolute atomic E-state index is 10.2. The Balaban J connectivity index is 3.13. The van der Waals surface area contributed by atoms with Gasteiger partial charge in [-0.25, -0.2) is 4.98 Å². The van der Waals surface area contributed by atoms with Crippen LogP contribution in [0.4, 0.5) is 5.82 Å². The largest absolute Gasteiger partial charge is 0.312 e. The Labute approximate surface area is 79.3 Å². The molecule has 0 spiro atoms. The first kappa shape index (κ1) is 9.19. The number of aryl methyl sites for hydroxylation is 2. The lowest BCUT2D eigenvalue weighted by molar-refractivity contribution is -0.105. The molecule has 0 saturated heterocycles. The van der Waals surface area contributed by atoms with E-state index in [0.29, 0.717) is 12.2 Å². The minimum Gasteiger partial charge on any atom is -0.312 e. The van der Waals surface area contributed by atoms with Crippen molar-refractivity contribution in [2.24, 2.45) is 0 Å². The van der Waals surface area contributed by atoms with Crippen molar-refractivity contribution < 1.29 is 4.79 Å². The molecule has 1 rings (SSSR count). The molecule has 0 unspecified atom stereocenters. The lowest BCUT2D eigenvalue weighted by Gasteiger charge is -2.04. The second kappa shape index (κ2) is 3.67. The molecule has 1 aromatic rings. The Morgan fingerprint density at radius 2 is 2.25 bits per heavy atom. The van der Waals surface area contributed by atoms with E-state index < -0.39 is 0 Å². The van der Waals surface area contributed by atoms with Gasteiger partial charge in [-0.15, -0.1) is 0 Å². The number of carbonyl (C=O) groups is 1. The molecule has 0 bridgehead atoms. The van der Waals surface area contributed by atoms with Gasteiger partial charge in [0.15, 0.2) is 0 Å². The van der Waals surface area contributed by atoms with E-state index in [2.05, 4.69) is 26.2 Å². The number of rotatable bonds is 2. The van der Waals surface area contributed by atoms with Crippen LogP contribution in [0.25, 0.3) is 0 Å². The molecular weight excluding hydrogens is 220 g/mol. The second-order valence-electron chi connectivity index (χ2n) is 2.48. The summed E-state index contributed by atoms with van der Waals surface area (Å²) in [6.45, 7) is 3.87. The number of nitrogens with zero attached hydrogens (tertiary/aromatic N) is 1. The van der Waals surface area contributed by atoms with Crippen molar-refractivity contribution in [2.75, 3.05) is 5.32 Å². The van der Waals surface area contributed by atoms with E-state index in [0.717, 1.165) is 15.7 Å². The Hall–Kier alpha value is -0.900. The monoisotopic (exact) mass is 228 g/mol. The summed E-state index contributed by atoms with van der Waals surface area (Å²) in [5.41, 5.74) is 2.01. The number of amides is 1.